The van der Waals surface area contributed by atoms with E-state index in [-0.39, 0.29) is 5.95 Å². The van der Waals surface area contributed by atoms with Gasteiger partial charge in [-0.15, -0.1) is 6.42 Å². The Balaban J connectivity index is 4.78. The number of rotatable bonds is 3. The molecule has 0 aromatic carbocycles. The Kier molecular flexibility index (Phi) is 3.91. The van der Waals surface area contributed by atoms with Crippen LogP contribution in [0.15, 0.2) is 11.1 Å². The van der Waals surface area contributed by atoms with Crippen molar-refractivity contribution in [3.05, 3.63) is 11.1 Å². The summed E-state index contributed by atoms with van der Waals surface area (Å²) in [5.74, 6) is 2.42. The lowest BCUT2D eigenvalue weighted by atomic mass is 10.6. The molecular weight excluding hydrogens is 168 g/mol. The van der Waals surface area contributed by atoms with Crippen LogP contribution in [0, 0.1) is 12.3 Å². The molecule has 0 radical (unpaired) electrons. The first-order valence-corrected chi connectivity index (χ1v) is 7.46. The molecule has 0 atom stereocenters. The third kappa shape index (κ3) is 3.01. The highest BCUT2D eigenvalue weighted by Crippen LogP contribution is 2.16. The number of allylic oxidation sites excluding steroid dienone is 1. The molecule has 3 heteroatoms. The van der Waals surface area contributed by atoms with Crippen LogP contribution >= 0.6 is 0 Å². The van der Waals surface area contributed by atoms with Crippen LogP contribution in [0.5, 0.6) is 0 Å². The fourth-order valence-corrected chi connectivity index (χ4v) is 1.95. The van der Waals surface area contributed by atoms with Gasteiger partial charge in [0.2, 0.25) is 0 Å². The molecule has 0 unspecified atom stereocenters. The van der Waals surface area contributed by atoms with Gasteiger partial charge in [0.05, 0.1) is 19.9 Å². The molecule has 0 rings (SSSR count). The highest BCUT2D eigenvalue weighted by atomic mass is 28.3. The minimum atomic E-state index is -1.62. The summed E-state index contributed by atoms with van der Waals surface area (Å²) in [5, 5.41) is 10.0. The second kappa shape index (κ2) is 4.22. The molecule has 1 N–H and O–H groups in total. The molecule has 2 nitrogen and oxygen atoms in total. The second-order valence-corrected chi connectivity index (χ2v) is 8.51. The molecule has 0 aliphatic heterocycles. The van der Waals surface area contributed by atoms with Crippen molar-refractivity contribution < 1.29 is 9.84 Å². The Morgan fingerprint density at radius 1 is 1.50 bits per heavy atom. The quantitative estimate of drug-likeness (QED) is 0.414. The van der Waals surface area contributed by atoms with Crippen molar-refractivity contribution in [3.8, 4) is 12.3 Å². The molecule has 0 aliphatic carbocycles. The van der Waals surface area contributed by atoms with Gasteiger partial charge < -0.3 is 9.84 Å². The molecule has 0 fully saturated rings. The van der Waals surface area contributed by atoms with Crippen LogP contribution in [0.1, 0.15) is 6.92 Å². The fourth-order valence-electron chi connectivity index (χ4n) is 0.808. The van der Waals surface area contributed by atoms with Crippen LogP contribution in [0.4, 0.5) is 0 Å². The number of aliphatic hydroxyl groups is 1. The second-order valence-electron chi connectivity index (χ2n) is 3.51. The van der Waals surface area contributed by atoms with E-state index in [0.29, 0.717) is 11.8 Å². The van der Waals surface area contributed by atoms with E-state index in [1.165, 1.54) is 0 Å². The summed E-state index contributed by atoms with van der Waals surface area (Å²) in [6, 6.07) is 0. The first-order chi connectivity index (χ1) is 5.43. The van der Waals surface area contributed by atoms with Crippen molar-refractivity contribution >= 4 is 8.07 Å². The van der Waals surface area contributed by atoms with E-state index in [9.17, 15) is 5.11 Å². The Morgan fingerprint density at radius 3 is 2.25 bits per heavy atom. The third-order valence-electron chi connectivity index (χ3n) is 1.39. The first-order valence-electron chi connectivity index (χ1n) is 3.96. The van der Waals surface area contributed by atoms with Gasteiger partial charge in [0.1, 0.15) is 0 Å². The SMILES string of the molecule is C#C/C(=C(/O)OCC)[Si](C)(C)C. The summed E-state index contributed by atoms with van der Waals surface area (Å²) in [5.41, 5.74) is 0. The third-order valence-corrected chi connectivity index (χ3v) is 3.25. The minimum absolute atomic E-state index is 0.0702. The average molecular weight is 184 g/mol. The van der Waals surface area contributed by atoms with Crippen molar-refractivity contribution in [2.24, 2.45) is 0 Å². The molecule has 0 saturated carbocycles. The van der Waals surface area contributed by atoms with Crippen LogP contribution in [-0.4, -0.2) is 19.8 Å². The molecule has 68 valence electrons. The molecule has 0 aliphatic rings. The van der Waals surface area contributed by atoms with E-state index in [1.54, 1.807) is 0 Å². The fraction of sp³-hybridized carbons (Fsp3) is 0.556. The van der Waals surface area contributed by atoms with Gasteiger partial charge in [0, 0.05) is 0 Å². The van der Waals surface area contributed by atoms with Crippen LogP contribution in [0.2, 0.25) is 19.6 Å². The Morgan fingerprint density at radius 2 is 2.00 bits per heavy atom. The number of hydrogen-bond donors (Lipinski definition) is 1. The van der Waals surface area contributed by atoms with Gasteiger partial charge in [-0.2, -0.15) is 0 Å². The Bertz CT molecular complexity index is 218. The number of ether oxygens (including phenoxy) is 1. The van der Waals surface area contributed by atoms with E-state index in [2.05, 4.69) is 25.6 Å². The van der Waals surface area contributed by atoms with Crippen molar-refractivity contribution in [1.29, 1.82) is 0 Å². The average Bonchev–Trinajstić information content (AvgIpc) is 1.85. The molecule has 0 aromatic heterocycles. The van der Waals surface area contributed by atoms with E-state index >= 15 is 0 Å². The van der Waals surface area contributed by atoms with Crippen molar-refractivity contribution in [1.82, 2.24) is 0 Å². The van der Waals surface area contributed by atoms with Crippen LogP contribution < -0.4 is 0 Å². The first kappa shape index (κ1) is 11.1. The van der Waals surface area contributed by atoms with Crippen molar-refractivity contribution in [3.63, 3.8) is 0 Å². The smallest absolute Gasteiger partial charge is 0.284 e. The molecule has 0 aromatic rings. The maximum absolute atomic E-state index is 9.39. The highest BCUT2D eigenvalue weighted by molar-refractivity contribution is 6.84. The summed E-state index contributed by atoms with van der Waals surface area (Å²) in [4.78, 5) is 0. The summed E-state index contributed by atoms with van der Waals surface area (Å²) in [6.07, 6.45) is 5.28. The van der Waals surface area contributed by atoms with Crippen molar-refractivity contribution in [2.75, 3.05) is 6.61 Å². The summed E-state index contributed by atoms with van der Waals surface area (Å²) < 4.78 is 4.95. The standard InChI is InChI=1S/C9H16O2Si/c1-6-8(12(3,4)5)9(10)11-7-2/h1,10H,7H2,2-5H3/b9-8+. The maximum Gasteiger partial charge on any atom is 0.284 e. The lowest BCUT2D eigenvalue weighted by molar-refractivity contribution is 0.101. The van der Waals surface area contributed by atoms with Crippen LogP contribution in [-0.2, 0) is 4.74 Å². The Hall–Kier alpha value is -0.883. The van der Waals surface area contributed by atoms with Gasteiger partial charge in [0.15, 0.2) is 0 Å². The lowest BCUT2D eigenvalue weighted by Crippen LogP contribution is -2.25. The highest BCUT2D eigenvalue weighted by Gasteiger charge is 2.23. The molecule has 0 bridgehead atoms. The van der Waals surface area contributed by atoms with Crippen molar-refractivity contribution in [2.45, 2.75) is 26.6 Å². The van der Waals surface area contributed by atoms with E-state index < -0.39 is 8.07 Å². The zero-order valence-corrected chi connectivity index (χ0v) is 9.14. The largest absolute Gasteiger partial charge is 0.481 e. The molecule has 0 heterocycles. The van der Waals surface area contributed by atoms with E-state index in [4.69, 9.17) is 11.2 Å². The number of aliphatic hydroxyl groups excluding tert-OH is 1. The summed E-state index contributed by atoms with van der Waals surface area (Å²) in [7, 11) is -1.62. The molecular formula is C9H16O2Si. The molecule has 12 heavy (non-hydrogen) atoms. The van der Waals surface area contributed by atoms with E-state index in [0.717, 1.165) is 0 Å². The maximum atomic E-state index is 9.39. The van der Waals surface area contributed by atoms with Crippen LogP contribution in [0.25, 0.3) is 0 Å². The topological polar surface area (TPSA) is 29.5 Å². The molecule has 0 amide bonds. The number of terminal acetylenes is 1. The van der Waals surface area contributed by atoms with Gasteiger partial charge in [-0.25, -0.2) is 0 Å². The van der Waals surface area contributed by atoms with E-state index in [1.807, 2.05) is 6.92 Å². The zero-order chi connectivity index (χ0) is 9.78. The predicted octanol–water partition coefficient (Wildman–Crippen LogP) is 2.30. The normalized spacial score (nSPS) is 13.2. The Labute approximate surface area is 75.3 Å². The molecule has 0 spiro atoms. The predicted molar refractivity (Wildman–Crippen MR) is 53.5 cm³/mol. The minimum Gasteiger partial charge on any atom is -0.481 e. The van der Waals surface area contributed by atoms with Crippen LogP contribution in [0.3, 0.4) is 0 Å². The van der Waals surface area contributed by atoms with Gasteiger partial charge >= 0.3 is 0 Å². The van der Waals surface area contributed by atoms with Gasteiger partial charge in [0.25, 0.3) is 5.95 Å². The zero-order valence-electron chi connectivity index (χ0n) is 8.14. The van der Waals surface area contributed by atoms with Gasteiger partial charge in [-0.05, 0) is 6.92 Å². The monoisotopic (exact) mass is 184 g/mol. The number of hydrogen-bond acceptors (Lipinski definition) is 2. The van der Waals surface area contributed by atoms with Gasteiger partial charge in [-0.3, -0.25) is 0 Å². The lowest BCUT2D eigenvalue weighted by Gasteiger charge is -2.16. The van der Waals surface area contributed by atoms with Gasteiger partial charge in [-0.1, -0.05) is 25.6 Å². The summed E-state index contributed by atoms with van der Waals surface area (Å²) >= 11 is 0. The molecule has 0 saturated heterocycles. The summed E-state index contributed by atoms with van der Waals surface area (Å²) in [6.45, 7) is 8.46.